The molecule has 8 nitrogen and oxygen atoms in total. The molecule has 0 bridgehead atoms. The van der Waals surface area contributed by atoms with Gasteiger partial charge in [-0.25, -0.2) is 8.42 Å². The first-order valence-electron chi connectivity index (χ1n) is 8.49. The zero-order valence-corrected chi connectivity index (χ0v) is 16.1. The lowest BCUT2D eigenvalue weighted by Gasteiger charge is -2.17. The molecular formula is C16H28N4O4S. The van der Waals surface area contributed by atoms with Gasteiger partial charge in [0.1, 0.15) is 10.6 Å². The van der Waals surface area contributed by atoms with Crippen LogP contribution in [0.2, 0.25) is 0 Å². The fourth-order valence-electron chi connectivity index (χ4n) is 2.35. The van der Waals surface area contributed by atoms with Gasteiger partial charge in [-0.2, -0.15) is 4.31 Å². The summed E-state index contributed by atoms with van der Waals surface area (Å²) in [6.45, 7) is 7.02. The fourth-order valence-corrected chi connectivity index (χ4v) is 3.88. The molecule has 0 saturated carbocycles. The molecule has 25 heavy (non-hydrogen) atoms. The first-order chi connectivity index (χ1) is 11.8. The summed E-state index contributed by atoms with van der Waals surface area (Å²) in [6, 6.07) is 1.36. The molecule has 0 saturated heterocycles. The monoisotopic (exact) mass is 372 g/mol. The summed E-state index contributed by atoms with van der Waals surface area (Å²) >= 11 is 0. The first kappa shape index (κ1) is 21.2. The largest absolute Gasteiger partial charge is 0.356 e. The molecule has 0 aliphatic heterocycles. The Kier molecular flexibility index (Phi) is 8.11. The first-order valence-corrected chi connectivity index (χ1v) is 9.93. The Balaban J connectivity index is 2.76. The number of rotatable bonds is 10. The molecule has 0 radical (unpaired) electrons. The molecule has 0 aliphatic rings. The van der Waals surface area contributed by atoms with E-state index in [1.807, 2.05) is 6.92 Å². The van der Waals surface area contributed by atoms with E-state index in [1.165, 1.54) is 21.1 Å². The Morgan fingerprint density at radius 1 is 1.12 bits per heavy atom. The minimum Gasteiger partial charge on any atom is -0.356 e. The number of sulfonamides is 1. The number of hydrogen-bond donors (Lipinski definition) is 2. The molecule has 0 aromatic carbocycles. The van der Waals surface area contributed by atoms with E-state index in [2.05, 4.69) is 10.6 Å². The van der Waals surface area contributed by atoms with Crippen molar-refractivity contribution >= 4 is 21.8 Å². The maximum atomic E-state index is 12.5. The van der Waals surface area contributed by atoms with E-state index in [9.17, 15) is 18.0 Å². The predicted molar refractivity (Wildman–Crippen MR) is 95.8 cm³/mol. The Labute approximate surface area is 149 Å². The van der Waals surface area contributed by atoms with Gasteiger partial charge in [-0.05, 0) is 12.5 Å². The molecule has 1 rings (SSSR count). The highest BCUT2D eigenvalue weighted by atomic mass is 32.2. The van der Waals surface area contributed by atoms with Crippen molar-refractivity contribution < 1.29 is 18.0 Å². The number of nitrogens with zero attached hydrogens (tertiary/aromatic N) is 2. The maximum Gasteiger partial charge on any atom is 0.267 e. The third-order valence-electron chi connectivity index (χ3n) is 3.77. The lowest BCUT2D eigenvalue weighted by molar-refractivity contribution is -0.120. The van der Waals surface area contributed by atoms with Crippen LogP contribution >= 0.6 is 0 Å². The zero-order chi connectivity index (χ0) is 19.0. The summed E-state index contributed by atoms with van der Waals surface area (Å²) in [5, 5.41) is 5.37. The van der Waals surface area contributed by atoms with Crippen LogP contribution in [0.25, 0.3) is 0 Å². The maximum absolute atomic E-state index is 12.5. The molecule has 0 fully saturated rings. The van der Waals surface area contributed by atoms with Crippen LogP contribution in [-0.2, 0) is 21.9 Å². The topological polar surface area (TPSA) is 101 Å². The van der Waals surface area contributed by atoms with E-state index in [0.29, 0.717) is 19.6 Å². The van der Waals surface area contributed by atoms with E-state index in [4.69, 9.17) is 0 Å². The molecule has 1 aromatic heterocycles. The van der Waals surface area contributed by atoms with Crippen molar-refractivity contribution in [1.29, 1.82) is 0 Å². The molecule has 0 unspecified atom stereocenters. The molecule has 9 heteroatoms. The van der Waals surface area contributed by atoms with Crippen LogP contribution in [0.1, 0.15) is 44.1 Å². The Hall–Kier alpha value is -1.87. The molecular weight excluding hydrogens is 344 g/mol. The molecule has 2 amide bonds. The summed E-state index contributed by atoms with van der Waals surface area (Å²) in [6.07, 6.45) is 2.46. The van der Waals surface area contributed by atoms with E-state index in [1.54, 1.807) is 20.9 Å². The fraction of sp³-hybridized carbons (Fsp3) is 0.625. The van der Waals surface area contributed by atoms with Gasteiger partial charge in [-0.1, -0.05) is 20.8 Å². The molecule has 0 atom stereocenters. The van der Waals surface area contributed by atoms with Crippen molar-refractivity contribution in [1.82, 2.24) is 19.5 Å². The highest BCUT2D eigenvalue weighted by Crippen LogP contribution is 2.18. The number of carbonyl (C=O) groups excluding carboxylic acids is 2. The van der Waals surface area contributed by atoms with Crippen LogP contribution in [0.5, 0.6) is 0 Å². The van der Waals surface area contributed by atoms with Gasteiger partial charge in [0.15, 0.2) is 0 Å². The predicted octanol–water partition coefficient (Wildman–Crippen LogP) is 0.702. The van der Waals surface area contributed by atoms with E-state index < -0.39 is 15.9 Å². The van der Waals surface area contributed by atoms with Gasteiger partial charge in [0, 0.05) is 45.8 Å². The molecule has 0 aliphatic carbocycles. The highest BCUT2D eigenvalue weighted by Gasteiger charge is 2.25. The smallest absolute Gasteiger partial charge is 0.267 e. The normalized spacial score (nSPS) is 11.6. The Bertz CT molecular complexity index is 693. The lowest BCUT2D eigenvalue weighted by atomic mass is 10.3. The second kappa shape index (κ2) is 9.57. The SMILES string of the molecule is CCCNC(=O)CCNC(=O)c1cc(S(=O)(=O)N(CC)CC)cn1C. The summed E-state index contributed by atoms with van der Waals surface area (Å²) in [7, 11) is -2.00. The minimum atomic E-state index is -3.61. The van der Waals surface area contributed by atoms with E-state index in [-0.39, 0.29) is 29.5 Å². The highest BCUT2D eigenvalue weighted by molar-refractivity contribution is 7.89. The van der Waals surface area contributed by atoms with Crippen LogP contribution in [0.15, 0.2) is 17.2 Å². The van der Waals surface area contributed by atoms with Gasteiger partial charge in [0.05, 0.1) is 0 Å². The van der Waals surface area contributed by atoms with Crippen LogP contribution < -0.4 is 10.6 Å². The third kappa shape index (κ3) is 5.57. The minimum absolute atomic E-state index is 0.0875. The van der Waals surface area contributed by atoms with Crippen LogP contribution in [0.4, 0.5) is 0 Å². The molecule has 2 N–H and O–H groups in total. The zero-order valence-electron chi connectivity index (χ0n) is 15.3. The van der Waals surface area contributed by atoms with Crippen LogP contribution in [-0.4, -0.2) is 55.3 Å². The van der Waals surface area contributed by atoms with Crippen molar-refractivity contribution in [3.63, 3.8) is 0 Å². The van der Waals surface area contributed by atoms with Crippen molar-refractivity contribution in [3.05, 3.63) is 18.0 Å². The van der Waals surface area contributed by atoms with Gasteiger partial charge in [0.2, 0.25) is 15.9 Å². The molecule has 1 aromatic rings. The summed E-state index contributed by atoms with van der Waals surface area (Å²) in [5.41, 5.74) is 0.236. The van der Waals surface area contributed by atoms with E-state index >= 15 is 0 Å². The van der Waals surface area contributed by atoms with Crippen molar-refractivity contribution in [2.45, 2.75) is 38.5 Å². The molecule has 1 heterocycles. The number of nitrogens with one attached hydrogen (secondary N) is 2. The molecule has 0 spiro atoms. The van der Waals surface area contributed by atoms with Gasteiger partial charge in [0.25, 0.3) is 5.91 Å². The van der Waals surface area contributed by atoms with E-state index in [0.717, 1.165) is 6.42 Å². The van der Waals surface area contributed by atoms with Crippen LogP contribution in [0.3, 0.4) is 0 Å². The van der Waals surface area contributed by atoms with Crippen molar-refractivity contribution in [2.24, 2.45) is 7.05 Å². The lowest BCUT2D eigenvalue weighted by Crippen LogP contribution is -2.31. The third-order valence-corrected chi connectivity index (χ3v) is 5.78. The number of amides is 2. The van der Waals surface area contributed by atoms with Crippen LogP contribution in [0, 0.1) is 0 Å². The number of aryl methyl sites for hydroxylation is 1. The number of carbonyl (C=O) groups is 2. The number of hydrogen-bond acceptors (Lipinski definition) is 4. The average Bonchev–Trinajstić information content (AvgIpc) is 2.96. The summed E-state index contributed by atoms with van der Waals surface area (Å²) in [4.78, 5) is 23.8. The average molecular weight is 372 g/mol. The Morgan fingerprint density at radius 2 is 1.76 bits per heavy atom. The summed E-state index contributed by atoms with van der Waals surface area (Å²) < 4.78 is 27.8. The van der Waals surface area contributed by atoms with Gasteiger partial charge in [-0.3, -0.25) is 9.59 Å². The second-order valence-electron chi connectivity index (χ2n) is 5.62. The second-order valence-corrected chi connectivity index (χ2v) is 7.56. The van der Waals surface area contributed by atoms with Gasteiger partial charge in [-0.15, -0.1) is 0 Å². The quantitative estimate of drug-likeness (QED) is 0.631. The van der Waals surface area contributed by atoms with Gasteiger partial charge < -0.3 is 15.2 Å². The van der Waals surface area contributed by atoms with Crippen molar-refractivity contribution in [3.8, 4) is 0 Å². The summed E-state index contributed by atoms with van der Waals surface area (Å²) in [5.74, 6) is -0.536. The van der Waals surface area contributed by atoms with Gasteiger partial charge >= 0.3 is 0 Å². The standard InChI is InChI=1S/C16H28N4O4S/c1-5-9-17-15(21)8-10-18-16(22)14-11-13(12-19(14)4)25(23,24)20(6-2)7-3/h11-12H,5-10H2,1-4H3,(H,17,21)(H,18,22). The Morgan fingerprint density at radius 3 is 2.32 bits per heavy atom. The van der Waals surface area contributed by atoms with Crippen molar-refractivity contribution in [2.75, 3.05) is 26.2 Å². The molecule has 142 valence electrons. The number of aromatic nitrogens is 1.